The van der Waals surface area contributed by atoms with Crippen molar-refractivity contribution in [1.82, 2.24) is 15.5 Å². The van der Waals surface area contributed by atoms with Crippen molar-refractivity contribution in [3.63, 3.8) is 0 Å². The van der Waals surface area contributed by atoms with Crippen LogP contribution in [0.2, 0.25) is 0 Å². The summed E-state index contributed by atoms with van der Waals surface area (Å²) in [6, 6.07) is 17.8. The van der Waals surface area contributed by atoms with Gasteiger partial charge in [0.1, 0.15) is 11.4 Å². The van der Waals surface area contributed by atoms with Crippen LogP contribution in [0.4, 0.5) is 0 Å². The molecule has 52 heavy (non-hydrogen) atoms. The van der Waals surface area contributed by atoms with Crippen LogP contribution < -0.4 is 10.6 Å². The third kappa shape index (κ3) is 13.4. The third-order valence-electron chi connectivity index (χ3n) is 9.97. The number of rotatable bonds is 22. The Bertz CT molecular complexity index is 1470. The van der Waals surface area contributed by atoms with Crippen LogP contribution in [0.3, 0.4) is 0 Å². The first-order valence-corrected chi connectivity index (χ1v) is 19.0. The second-order valence-electron chi connectivity index (χ2n) is 15.7. The third-order valence-corrected chi connectivity index (χ3v) is 9.97. The van der Waals surface area contributed by atoms with E-state index in [0.29, 0.717) is 65.0 Å². The summed E-state index contributed by atoms with van der Waals surface area (Å²) in [6.07, 6.45) is 2.18. The van der Waals surface area contributed by atoms with Crippen molar-refractivity contribution in [3.05, 3.63) is 71.8 Å². The van der Waals surface area contributed by atoms with Gasteiger partial charge < -0.3 is 20.1 Å². The number of aryl methyl sites for hydroxylation is 1. The molecule has 5 atom stereocenters. The predicted octanol–water partition coefficient (Wildman–Crippen LogP) is 4.76. The zero-order chi connectivity index (χ0) is 37.7. The summed E-state index contributed by atoms with van der Waals surface area (Å²) in [6.45, 7) is 12.8. The molecule has 2 N–H and O–H groups in total. The number of nitrogens with zero attached hydrogens (tertiary/aromatic N) is 1. The van der Waals surface area contributed by atoms with Gasteiger partial charge in [-0.3, -0.25) is 28.9 Å². The SMILES string of the molecule is CC(C)C[C@H](NC(=O)[C@@H](CC(=O)[C@@H](CC(C)C)NC(=O)[C@H](CCc1ccccc1)CC(=O)CN1CCOCC1)Cc1ccccc1)C(=O)[C@@]1(C)CO1. The van der Waals surface area contributed by atoms with E-state index in [1.807, 2.05) is 88.4 Å². The predicted molar refractivity (Wildman–Crippen MR) is 201 cm³/mol. The molecule has 0 unspecified atom stereocenters. The normalized spacial score (nSPS) is 19.8. The molecule has 4 rings (SSSR count). The number of carbonyl (C=O) groups excluding carboxylic acids is 5. The molecule has 2 amide bonds. The first kappa shape index (κ1) is 41.0. The number of hydrogen-bond acceptors (Lipinski definition) is 8. The minimum absolute atomic E-state index is 0.0163. The van der Waals surface area contributed by atoms with Crippen molar-refractivity contribution in [2.24, 2.45) is 23.7 Å². The Morgan fingerprint density at radius 3 is 1.87 bits per heavy atom. The fourth-order valence-electron chi connectivity index (χ4n) is 6.84. The lowest BCUT2D eigenvalue weighted by molar-refractivity contribution is -0.136. The van der Waals surface area contributed by atoms with E-state index >= 15 is 0 Å². The van der Waals surface area contributed by atoms with Crippen molar-refractivity contribution < 1.29 is 33.4 Å². The number of ether oxygens (including phenoxy) is 2. The van der Waals surface area contributed by atoms with E-state index in [1.54, 1.807) is 6.92 Å². The molecule has 2 heterocycles. The molecule has 0 bridgehead atoms. The summed E-state index contributed by atoms with van der Waals surface area (Å²) in [5, 5.41) is 6.03. The number of ketones is 3. The van der Waals surface area contributed by atoms with Gasteiger partial charge in [-0.1, -0.05) is 88.4 Å². The number of nitrogens with one attached hydrogen (secondary N) is 2. The second kappa shape index (κ2) is 19.9. The molecule has 2 saturated heterocycles. The van der Waals surface area contributed by atoms with E-state index in [4.69, 9.17) is 9.47 Å². The van der Waals surface area contributed by atoms with Gasteiger partial charge in [0.25, 0.3) is 0 Å². The zero-order valence-corrected chi connectivity index (χ0v) is 31.7. The lowest BCUT2D eigenvalue weighted by Crippen LogP contribution is -2.50. The van der Waals surface area contributed by atoms with E-state index in [2.05, 4.69) is 15.5 Å². The highest BCUT2D eigenvalue weighted by Crippen LogP contribution is 2.30. The average Bonchev–Trinajstić information content (AvgIpc) is 3.87. The molecule has 10 heteroatoms. The first-order chi connectivity index (χ1) is 24.8. The second-order valence-corrected chi connectivity index (χ2v) is 15.7. The molecule has 0 radical (unpaired) electrons. The summed E-state index contributed by atoms with van der Waals surface area (Å²) >= 11 is 0. The Balaban J connectivity index is 1.51. The van der Waals surface area contributed by atoms with E-state index in [0.717, 1.165) is 11.1 Å². The molecule has 2 aromatic carbocycles. The fourth-order valence-corrected chi connectivity index (χ4v) is 6.84. The van der Waals surface area contributed by atoms with Crippen molar-refractivity contribution in [2.45, 2.75) is 97.2 Å². The van der Waals surface area contributed by atoms with Crippen molar-refractivity contribution in [1.29, 1.82) is 0 Å². The molecular weight excluding hydrogens is 658 g/mol. The van der Waals surface area contributed by atoms with E-state index < -0.39 is 29.5 Å². The van der Waals surface area contributed by atoms with Gasteiger partial charge in [-0.15, -0.1) is 0 Å². The van der Waals surface area contributed by atoms with Gasteiger partial charge in [0.05, 0.1) is 38.4 Å². The molecule has 2 aliphatic heterocycles. The maximum Gasteiger partial charge on any atom is 0.224 e. The van der Waals surface area contributed by atoms with E-state index in [1.165, 1.54) is 0 Å². The average molecular weight is 718 g/mol. The molecule has 2 aromatic rings. The van der Waals surface area contributed by atoms with Gasteiger partial charge in [-0.25, -0.2) is 0 Å². The smallest absolute Gasteiger partial charge is 0.224 e. The highest BCUT2D eigenvalue weighted by atomic mass is 16.6. The van der Waals surface area contributed by atoms with Crippen LogP contribution in [0.5, 0.6) is 0 Å². The van der Waals surface area contributed by atoms with Crippen LogP contribution >= 0.6 is 0 Å². The molecule has 10 nitrogen and oxygen atoms in total. The van der Waals surface area contributed by atoms with Gasteiger partial charge in [0, 0.05) is 37.8 Å². The minimum atomic E-state index is -0.898. The van der Waals surface area contributed by atoms with E-state index in [-0.39, 0.29) is 60.4 Å². The standard InChI is InChI=1S/C42H59N3O7/c1-29(2)22-36(43-40(49)33(17-16-31-12-8-6-9-13-31)25-35(46)27-45-18-20-51-21-19-45)38(47)26-34(24-32-14-10-7-11-15-32)41(50)44-37(23-30(3)4)39(48)42(5)28-52-42/h6-15,29-30,33-34,36-37H,16-28H2,1-5H3,(H,43,49)(H,44,50)/t33-,34-,36-,37+,42-/m1/s1. The summed E-state index contributed by atoms with van der Waals surface area (Å²) in [4.78, 5) is 71.0. The van der Waals surface area contributed by atoms with Gasteiger partial charge >= 0.3 is 0 Å². The van der Waals surface area contributed by atoms with Crippen LogP contribution in [-0.2, 0) is 46.3 Å². The number of amides is 2. The Morgan fingerprint density at radius 2 is 1.29 bits per heavy atom. The number of carbonyl (C=O) groups is 5. The van der Waals surface area contributed by atoms with Gasteiger partial charge in [-0.05, 0) is 62.0 Å². The fraction of sp³-hybridized carbons (Fsp3) is 0.595. The maximum absolute atomic E-state index is 14.2. The zero-order valence-electron chi connectivity index (χ0n) is 31.7. The van der Waals surface area contributed by atoms with Gasteiger partial charge in [0.2, 0.25) is 11.8 Å². The lowest BCUT2D eigenvalue weighted by atomic mass is 9.87. The van der Waals surface area contributed by atoms with Crippen LogP contribution in [-0.4, -0.2) is 91.2 Å². The number of benzene rings is 2. The summed E-state index contributed by atoms with van der Waals surface area (Å²) in [7, 11) is 0. The number of Topliss-reactive ketones (excluding diaryl/α,β-unsaturated/α-hetero) is 3. The molecule has 284 valence electrons. The first-order valence-electron chi connectivity index (χ1n) is 19.0. The molecule has 0 aromatic heterocycles. The molecule has 2 fully saturated rings. The van der Waals surface area contributed by atoms with Crippen LogP contribution in [0, 0.1) is 23.7 Å². The number of hydrogen-bond donors (Lipinski definition) is 2. The van der Waals surface area contributed by atoms with Crippen LogP contribution in [0.15, 0.2) is 60.7 Å². The molecule has 0 aliphatic carbocycles. The Kier molecular flexibility index (Phi) is 15.7. The van der Waals surface area contributed by atoms with Crippen molar-refractivity contribution in [3.8, 4) is 0 Å². The largest absolute Gasteiger partial charge is 0.379 e. The Morgan fingerprint density at radius 1 is 0.750 bits per heavy atom. The van der Waals surface area contributed by atoms with E-state index in [9.17, 15) is 24.0 Å². The van der Waals surface area contributed by atoms with Gasteiger partial charge in [-0.2, -0.15) is 0 Å². The van der Waals surface area contributed by atoms with Crippen LogP contribution in [0.1, 0.15) is 77.8 Å². The Hall–Kier alpha value is -3.73. The lowest BCUT2D eigenvalue weighted by Gasteiger charge is -2.28. The highest BCUT2D eigenvalue weighted by Gasteiger charge is 2.50. The summed E-state index contributed by atoms with van der Waals surface area (Å²) < 4.78 is 10.9. The number of epoxide rings is 1. The summed E-state index contributed by atoms with van der Waals surface area (Å²) in [5.41, 5.74) is 1.07. The van der Waals surface area contributed by atoms with Crippen molar-refractivity contribution in [2.75, 3.05) is 39.5 Å². The summed E-state index contributed by atoms with van der Waals surface area (Å²) in [5.74, 6) is -2.27. The maximum atomic E-state index is 14.2. The van der Waals surface area contributed by atoms with Crippen LogP contribution in [0.25, 0.3) is 0 Å². The number of morpholine rings is 1. The molecular formula is C42H59N3O7. The molecule has 0 saturated carbocycles. The molecule has 2 aliphatic rings. The minimum Gasteiger partial charge on any atom is -0.379 e. The highest BCUT2D eigenvalue weighted by molar-refractivity contribution is 5.98. The van der Waals surface area contributed by atoms with Gasteiger partial charge in [0.15, 0.2) is 11.6 Å². The Labute approximate surface area is 309 Å². The monoisotopic (exact) mass is 717 g/mol. The topological polar surface area (TPSA) is 134 Å². The van der Waals surface area contributed by atoms with Crippen molar-refractivity contribution >= 4 is 29.2 Å². The molecule has 0 spiro atoms. The quantitative estimate of drug-likeness (QED) is 0.167.